The average molecular weight is 418 g/mol. The molecule has 4 aromatic rings. The van der Waals surface area contributed by atoms with Crippen LogP contribution in [-0.4, -0.2) is 39.0 Å². The summed E-state index contributed by atoms with van der Waals surface area (Å²) < 4.78 is 12.5. The molecule has 31 heavy (non-hydrogen) atoms. The molecule has 9 nitrogen and oxygen atoms in total. The lowest BCUT2D eigenvalue weighted by molar-refractivity contribution is 0.102. The van der Waals surface area contributed by atoms with E-state index in [2.05, 4.69) is 15.4 Å². The molecule has 0 fully saturated rings. The summed E-state index contributed by atoms with van der Waals surface area (Å²) in [5, 5.41) is 17.8. The fourth-order valence-electron chi connectivity index (χ4n) is 3.46. The highest BCUT2D eigenvalue weighted by molar-refractivity contribution is 6.08. The molecule has 0 unspecified atom stereocenters. The minimum Gasteiger partial charge on any atom is -0.506 e. The van der Waals surface area contributed by atoms with E-state index in [-0.39, 0.29) is 5.39 Å². The first-order valence-electron chi connectivity index (χ1n) is 9.62. The molecule has 3 N–H and O–H groups in total. The number of hydrogen-bond donors (Lipinski definition) is 3. The third-order valence-corrected chi connectivity index (χ3v) is 5.03. The Bertz CT molecular complexity index is 1370. The number of aryl methyl sites for hydroxylation is 1. The van der Waals surface area contributed by atoms with Crippen molar-refractivity contribution in [1.29, 1.82) is 0 Å². The summed E-state index contributed by atoms with van der Waals surface area (Å²) in [6.07, 6.45) is 1.40. The van der Waals surface area contributed by atoms with Crippen LogP contribution in [-0.2, 0) is 0 Å². The summed E-state index contributed by atoms with van der Waals surface area (Å²) in [5.41, 5.74) is 1.37. The third kappa shape index (κ3) is 3.25. The van der Waals surface area contributed by atoms with Crippen LogP contribution in [0, 0.1) is 6.92 Å². The maximum atomic E-state index is 12.8. The summed E-state index contributed by atoms with van der Waals surface area (Å²) in [4.78, 5) is 28.1. The number of rotatable bonds is 3. The molecule has 0 spiro atoms. The fourth-order valence-corrected chi connectivity index (χ4v) is 3.46. The Balaban J connectivity index is 1.51. The summed E-state index contributed by atoms with van der Waals surface area (Å²) in [6, 6.07) is 12.4. The van der Waals surface area contributed by atoms with Crippen LogP contribution >= 0.6 is 0 Å². The minimum atomic E-state index is -0.750. The van der Waals surface area contributed by atoms with Gasteiger partial charge >= 0.3 is 0 Å². The van der Waals surface area contributed by atoms with Gasteiger partial charge in [0.05, 0.1) is 17.3 Å². The van der Waals surface area contributed by atoms with Crippen molar-refractivity contribution in [1.82, 2.24) is 14.8 Å². The van der Waals surface area contributed by atoms with Crippen molar-refractivity contribution >= 4 is 22.6 Å². The van der Waals surface area contributed by atoms with Crippen molar-refractivity contribution in [3.05, 3.63) is 70.1 Å². The van der Waals surface area contributed by atoms with Gasteiger partial charge in [0.25, 0.3) is 11.5 Å². The average Bonchev–Trinajstić information content (AvgIpc) is 3.18. The molecule has 3 heterocycles. The van der Waals surface area contributed by atoms with Gasteiger partial charge in [-0.1, -0.05) is 17.7 Å². The van der Waals surface area contributed by atoms with Gasteiger partial charge in [-0.2, -0.15) is 5.10 Å². The van der Waals surface area contributed by atoms with Gasteiger partial charge in [-0.3, -0.25) is 9.59 Å². The van der Waals surface area contributed by atoms with Crippen molar-refractivity contribution in [2.45, 2.75) is 6.92 Å². The Morgan fingerprint density at radius 1 is 1.13 bits per heavy atom. The summed E-state index contributed by atoms with van der Waals surface area (Å²) in [5.74, 6) is -0.112. The van der Waals surface area contributed by atoms with Crippen LogP contribution in [0.2, 0.25) is 0 Å². The summed E-state index contributed by atoms with van der Waals surface area (Å²) in [6.45, 7) is 2.83. The molecule has 1 aliphatic rings. The van der Waals surface area contributed by atoms with E-state index in [4.69, 9.17) is 9.47 Å². The number of H-pyrrole nitrogens is 1. The second-order valence-electron chi connectivity index (χ2n) is 7.14. The van der Waals surface area contributed by atoms with Crippen molar-refractivity contribution in [2.75, 3.05) is 18.5 Å². The van der Waals surface area contributed by atoms with Crippen molar-refractivity contribution in [3.8, 4) is 22.9 Å². The molecule has 0 saturated carbocycles. The van der Waals surface area contributed by atoms with Crippen molar-refractivity contribution in [2.24, 2.45) is 0 Å². The van der Waals surface area contributed by atoms with Crippen LogP contribution in [0.1, 0.15) is 15.9 Å². The molecule has 2 aromatic heterocycles. The maximum Gasteiger partial charge on any atom is 0.266 e. The Morgan fingerprint density at radius 2 is 1.87 bits per heavy atom. The quantitative estimate of drug-likeness (QED) is 0.471. The number of nitrogens with zero attached hydrogens (tertiary/aromatic N) is 2. The molecule has 0 radical (unpaired) electrons. The standard InChI is InChI=1S/C22H18N4O5/c1-12-2-5-14(6-3-12)26-20-15(11-23-26)19(27)18(22(29)25-20)21(28)24-13-4-7-16-17(10-13)31-9-8-30-16/h2-7,10-11H,8-9H2,1H3,(H,24,28)(H2,25,27,29). The zero-order valence-corrected chi connectivity index (χ0v) is 16.5. The minimum absolute atomic E-state index is 0.257. The summed E-state index contributed by atoms with van der Waals surface area (Å²) >= 11 is 0. The molecule has 0 aliphatic carbocycles. The number of nitrogens with one attached hydrogen (secondary N) is 2. The molecular formula is C22H18N4O5. The van der Waals surface area contributed by atoms with Crippen LogP contribution in [0.25, 0.3) is 16.7 Å². The number of aromatic nitrogens is 3. The topological polar surface area (TPSA) is 118 Å². The first kappa shape index (κ1) is 18.7. The number of pyridine rings is 1. The Labute approximate surface area is 175 Å². The van der Waals surface area contributed by atoms with Gasteiger partial charge in [0, 0.05) is 11.8 Å². The van der Waals surface area contributed by atoms with Crippen molar-refractivity contribution in [3.63, 3.8) is 0 Å². The molecule has 1 aliphatic heterocycles. The van der Waals surface area contributed by atoms with Gasteiger partial charge < -0.3 is 24.9 Å². The first-order valence-corrected chi connectivity index (χ1v) is 9.62. The highest BCUT2D eigenvalue weighted by Crippen LogP contribution is 2.33. The van der Waals surface area contributed by atoms with Gasteiger partial charge in [-0.15, -0.1) is 0 Å². The van der Waals surface area contributed by atoms with Crippen LogP contribution in [0.15, 0.2) is 53.5 Å². The molecule has 9 heteroatoms. The zero-order valence-electron chi connectivity index (χ0n) is 16.5. The monoisotopic (exact) mass is 418 g/mol. The van der Waals surface area contributed by atoms with Gasteiger partial charge in [-0.05, 0) is 31.2 Å². The van der Waals surface area contributed by atoms with E-state index in [9.17, 15) is 14.7 Å². The molecule has 156 valence electrons. The van der Waals surface area contributed by atoms with E-state index in [0.29, 0.717) is 41.7 Å². The van der Waals surface area contributed by atoms with Gasteiger partial charge in [0.15, 0.2) is 11.5 Å². The number of carbonyl (C=O) groups excluding carboxylic acids is 1. The van der Waals surface area contributed by atoms with E-state index in [1.165, 1.54) is 10.9 Å². The van der Waals surface area contributed by atoms with Gasteiger partial charge in [0.2, 0.25) is 0 Å². The lowest BCUT2D eigenvalue weighted by Crippen LogP contribution is -2.24. The van der Waals surface area contributed by atoms with Gasteiger partial charge in [-0.25, -0.2) is 4.68 Å². The normalized spacial score (nSPS) is 12.7. The van der Waals surface area contributed by atoms with Crippen LogP contribution in [0.5, 0.6) is 17.2 Å². The molecule has 1 amide bonds. The van der Waals surface area contributed by atoms with Crippen LogP contribution in [0.4, 0.5) is 5.69 Å². The molecule has 5 rings (SSSR count). The maximum absolute atomic E-state index is 12.8. The molecule has 0 saturated heterocycles. The Hall–Kier alpha value is -4.27. The number of fused-ring (bicyclic) bond motifs is 2. The Morgan fingerprint density at radius 3 is 2.65 bits per heavy atom. The largest absolute Gasteiger partial charge is 0.506 e. The summed E-state index contributed by atoms with van der Waals surface area (Å²) in [7, 11) is 0. The highest BCUT2D eigenvalue weighted by Gasteiger charge is 2.22. The fraction of sp³-hybridized carbons (Fsp3) is 0.136. The lowest BCUT2D eigenvalue weighted by Gasteiger charge is -2.19. The Kier molecular flexibility index (Phi) is 4.36. The molecule has 0 bridgehead atoms. The van der Waals surface area contributed by atoms with E-state index in [1.807, 2.05) is 31.2 Å². The van der Waals surface area contributed by atoms with E-state index in [1.54, 1.807) is 18.2 Å². The zero-order chi connectivity index (χ0) is 21.5. The van der Waals surface area contributed by atoms with Crippen LogP contribution in [0.3, 0.4) is 0 Å². The number of anilines is 1. The number of benzene rings is 2. The smallest absolute Gasteiger partial charge is 0.266 e. The number of aromatic amines is 1. The number of ether oxygens (including phenoxy) is 2. The molecular weight excluding hydrogens is 400 g/mol. The molecule has 0 atom stereocenters. The number of amides is 1. The second kappa shape index (κ2) is 7.21. The lowest BCUT2D eigenvalue weighted by atomic mass is 10.1. The first-order chi connectivity index (χ1) is 15.0. The predicted molar refractivity (Wildman–Crippen MR) is 113 cm³/mol. The van der Waals surface area contributed by atoms with Gasteiger partial charge in [0.1, 0.15) is 30.2 Å². The number of aromatic hydroxyl groups is 1. The van der Waals surface area contributed by atoms with Crippen molar-refractivity contribution < 1.29 is 19.4 Å². The SMILES string of the molecule is Cc1ccc(-n2ncc3c(O)c(C(=O)Nc4ccc5c(c4)OCCO5)c(=O)[nH]c32)cc1. The van der Waals surface area contributed by atoms with E-state index >= 15 is 0 Å². The third-order valence-electron chi connectivity index (χ3n) is 5.03. The molecule has 2 aromatic carbocycles. The number of hydrogen-bond acceptors (Lipinski definition) is 6. The van der Waals surface area contributed by atoms with Crippen LogP contribution < -0.4 is 20.3 Å². The van der Waals surface area contributed by atoms with E-state index in [0.717, 1.165) is 5.56 Å². The second-order valence-corrected chi connectivity index (χ2v) is 7.14. The predicted octanol–water partition coefficient (Wildman–Crippen LogP) is 2.75. The van der Waals surface area contributed by atoms with E-state index < -0.39 is 22.8 Å². The number of carbonyl (C=O) groups is 1. The highest BCUT2D eigenvalue weighted by atomic mass is 16.6.